The van der Waals surface area contributed by atoms with Gasteiger partial charge in [-0.05, 0) is 29.3 Å². The molecule has 17 heavy (non-hydrogen) atoms. The molecule has 0 amide bonds. The molecule has 0 saturated carbocycles. The average Bonchev–Trinajstić information content (AvgIpc) is 2.28. The van der Waals surface area contributed by atoms with Crippen LogP contribution < -0.4 is 0 Å². The van der Waals surface area contributed by atoms with Gasteiger partial charge in [0.15, 0.2) is 0 Å². The third kappa shape index (κ3) is 2.36. The largest absolute Gasteiger partial charge is 0.478 e. The third-order valence-electron chi connectivity index (χ3n) is 2.36. The average molecular weight is 295 g/mol. The molecule has 2 nitrogen and oxygen atoms in total. The number of rotatable bonds is 2. The second kappa shape index (κ2) is 4.67. The van der Waals surface area contributed by atoms with Gasteiger partial charge < -0.3 is 5.11 Å². The van der Waals surface area contributed by atoms with Crippen molar-refractivity contribution in [1.29, 1.82) is 0 Å². The Hall–Kier alpha value is -1.68. The maximum atomic E-state index is 13.5. The maximum absolute atomic E-state index is 13.5. The van der Waals surface area contributed by atoms with Crippen molar-refractivity contribution >= 4 is 21.9 Å². The lowest BCUT2D eigenvalue weighted by molar-refractivity contribution is 0.0693. The lowest BCUT2D eigenvalue weighted by Gasteiger charge is -2.07. The first-order valence-corrected chi connectivity index (χ1v) is 5.66. The topological polar surface area (TPSA) is 37.3 Å². The van der Waals surface area contributed by atoms with Crippen LogP contribution in [0.1, 0.15) is 10.4 Å². The van der Waals surface area contributed by atoms with E-state index < -0.39 is 11.8 Å². The summed E-state index contributed by atoms with van der Waals surface area (Å²) in [7, 11) is 0. The summed E-state index contributed by atoms with van der Waals surface area (Å²) in [5.74, 6) is -1.99. The Bertz CT molecular complexity index is 581. The summed E-state index contributed by atoms with van der Waals surface area (Å²) in [5.41, 5.74) is 0.737. The molecule has 2 rings (SSSR count). The third-order valence-corrected chi connectivity index (χ3v) is 2.86. The molecule has 0 atom stereocenters. The Morgan fingerprint density at radius 1 is 1.18 bits per heavy atom. The van der Waals surface area contributed by atoms with Gasteiger partial charge in [0, 0.05) is 4.47 Å². The van der Waals surface area contributed by atoms with Gasteiger partial charge in [0.1, 0.15) is 11.4 Å². The number of carboxylic acid groups (broad SMARTS) is 1. The van der Waals surface area contributed by atoms with Crippen molar-refractivity contribution in [3.63, 3.8) is 0 Å². The molecule has 0 heterocycles. The summed E-state index contributed by atoms with van der Waals surface area (Å²) in [6.07, 6.45) is 0. The van der Waals surface area contributed by atoms with Crippen LogP contribution in [0.5, 0.6) is 0 Å². The molecule has 0 aliphatic carbocycles. The zero-order chi connectivity index (χ0) is 12.4. The number of hydrogen-bond donors (Lipinski definition) is 1. The lowest BCUT2D eigenvalue weighted by Crippen LogP contribution is -2.03. The summed E-state index contributed by atoms with van der Waals surface area (Å²) < 4.78 is 14.3. The van der Waals surface area contributed by atoms with Crippen LogP contribution in [0.2, 0.25) is 0 Å². The molecule has 1 N–H and O–H groups in total. The highest BCUT2D eigenvalue weighted by atomic mass is 79.9. The standard InChI is InChI=1S/C13H8BrFO2/c14-9-4-1-3-8(7-9)10-5-2-6-11(15)12(10)13(16)17/h1-7H,(H,16,17). The fraction of sp³-hybridized carbons (Fsp3) is 0. The molecule has 0 saturated heterocycles. The molecule has 2 aromatic carbocycles. The molecule has 0 bridgehead atoms. The molecule has 0 aliphatic rings. The van der Waals surface area contributed by atoms with Gasteiger partial charge in [-0.2, -0.15) is 0 Å². The van der Waals surface area contributed by atoms with E-state index in [0.717, 1.165) is 10.5 Å². The molecule has 4 heteroatoms. The number of halogens is 2. The Kier molecular flexibility index (Phi) is 3.24. The summed E-state index contributed by atoms with van der Waals surface area (Å²) in [6, 6.07) is 11.3. The Morgan fingerprint density at radius 3 is 2.53 bits per heavy atom. The van der Waals surface area contributed by atoms with Gasteiger partial charge in [-0.1, -0.05) is 40.2 Å². The van der Waals surface area contributed by atoms with Gasteiger partial charge in [-0.15, -0.1) is 0 Å². The molecular weight excluding hydrogens is 287 g/mol. The maximum Gasteiger partial charge on any atom is 0.339 e. The second-order valence-electron chi connectivity index (χ2n) is 3.48. The number of benzene rings is 2. The molecule has 0 radical (unpaired) electrons. The first kappa shape index (κ1) is 11.8. The van der Waals surface area contributed by atoms with E-state index in [2.05, 4.69) is 15.9 Å². The van der Waals surface area contributed by atoms with E-state index in [1.165, 1.54) is 6.07 Å². The predicted octanol–water partition coefficient (Wildman–Crippen LogP) is 3.95. The van der Waals surface area contributed by atoms with Gasteiger partial charge in [-0.3, -0.25) is 0 Å². The normalized spacial score (nSPS) is 10.2. The smallest absolute Gasteiger partial charge is 0.339 e. The van der Waals surface area contributed by atoms with Crippen molar-refractivity contribution in [1.82, 2.24) is 0 Å². The molecule has 0 spiro atoms. The van der Waals surface area contributed by atoms with Crippen molar-refractivity contribution in [2.24, 2.45) is 0 Å². The fourth-order valence-corrected chi connectivity index (χ4v) is 2.04. The first-order chi connectivity index (χ1) is 8.09. The number of carbonyl (C=O) groups is 1. The minimum atomic E-state index is -1.27. The first-order valence-electron chi connectivity index (χ1n) is 4.87. The van der Waals surface area contributed by atoms with E-state index in [1.807, 2.05) is 6.07 Å². The van der Waals surface area contributed by atoms with Crippen LogP contribution in [0, 0.1) is 5.82 Å². The van der Waals surface area contributed by atoms with Crippen molar-refractivity contribution < 1.29 is 14.3 Å². The summed E-state index contributed by atoms with van der Waals surface area (Å²) in [5, 5.41) is 9.03. The van der Waals surface area contributed by atoms with Crippen LogP contribution in [-0.2, 0) is 0 Å². The van der Waals surface area contributed by atoms with Crippen LogP contribution in [0.4, 0.5) is 4.39 Å². The Morgan fingerprint density at radius 2 is 1.88 bits per heavy atom. The number of carboxylic acids is 1. The zero-order valence-electron chi connectivity index (χ0n) is 8.65. The highest BCUT2D eigenvalue weighted by Gasteiger charge is 2.16. The molecule has 2 aromatic rings. The monoisotopic (exact) mass is 294 g/mol. The van der Waals surface area contributed by atoms with Crippen LogP contribution in [0.25, 0.3) is 11.1 Å². The minimum Gasteiger partial charge on any atom is -0.478 e. The van der Waals surface area contributed by atoms with E-state index in [9.17, 15) is 9.18 Å². The highest BCUT2D eigenvalue weighted by Crippen LogP contribution is 2.27. The minimum absolute atomic E-state index is 0.300. The van der Waals surface area contributed by atoms with Gasteiger partial charge in [0.2, 0.25) is 0 Å². The van der Waals surface area contributed by atoms with Crippen molar-refractivity contribution in [2.45, 2.75) is 0 Å². The lowest BCUT2D eigenvalue weighted by atomic mass is 9.99. The van der Waals surface area contributed by atoms with E-state index in [4.69, 9.17) is 5.11 Å². The number of hydrogen-bond acceptors (Lipinski definition) is 1. The quantitative estimate of drug-likeness (QED) is 0.910. The molecule has 0 aliphatic heterocycles. The van der Waals surface area contributed by atoms with Crippen molar-refractivity contribution in [3.05, 3.63) is 58.3 Å². The predicted molar refractivity (Wildman–Crippen MR) is 66.5 cm³/mol. The Labute approximate surface area is 106 Å². The van der Waals surface area contributed by atoms with E-state index in [-0.39, 0.29) is 5.56 Å². The van der Waals surface area contributed by atoms with E-state index >= 15 is 0 Å². The highest BCUT2D eigenvalue weighted by molar-refractivity contribution is 9.10. The molecule has 0 unspecified atom stereocenters. The molecule has 86 valence electrons. The van der Waals surface area contributed by atoms with Gasteiger partial charge in [-0.25, -0.2) is 9.18 Å². The summed E-state index contributed by atoms with van der Waals surface area (Å²) in [4.78, 5) is 11.0. The van der Waals surface area contributed by atoms with Crippen LogP contribution in [0.15, 0.2) is 46.9 Å². The zero-order valence-corrected chi connectivity index (χ0v) is 10.2. The molecular formula is C13H8BrFO2. The number of aromatic carboxylic acids is 1. The van der Waals surface area contributed by atoms with Gasteiger partial charge in [0.25, 0.3) is 0 Å². The summed E-state index contributed by atoms with van der Waals surface area (Å²) in [6.45, 7) is 0. The van der Waals surface area contributed by atoms with Crippen LogP contribution in [-0.4, -0.2) is 11.1 Å². The van der Waals surface area contributed by atoms with Gasteiger partial charge in [0.05, 0.1) is 0 Å². The molecule has 0 fully saturated rings. The van der Waals surface area contributed by atoms with E-state index in [0.29, 0.717) is 11.1 Å². The van der Waals surface area contributed by atoms with Crippen molar-refractivity contribution in [3.8, 4) is 11.1 Å². The van der Waals surface area contributed by atoms with Gasteiger partial charge >= 0.3 is 5.97 Å². The van der Waals surface area contributed by atoms with E-state index in [1.54, 1.807) is 24.3 Å². The second-order valence-corrected chi connectivity index (χ2v) is 4.39. The fourth-order valence-electron chi connectivity index (χ4n) is 1.64. The summed E-state index contributed by atoms with van der Waals surface area (Å²) >= 11 is 3.30. The Balaban J connectivity index is 2.67. The SMILES string of the molecule is O=C(O)c1c(F)cccc1-c1cccc(Br)c1. The van der Waals surface area contributed by atoms with Crippen molar-refractivity contribution in [2.75, 3.05) is 0 Å². The van der Waals surface area contributed by atoms with Crippen LogP contribution >= 0.6 is 15.9 Å². The molecule has 0 aromatic heterocycles. The van der Waals surface area contributed by atoms with Crippen LogP contribution in [0.3, 0.4) is 0 Å².